The first-order valence-electron chi connectivity index (χ1n) is 10.7. The van der Waals surface area contributed by atoms with Crippen LogP contribution in [0, 0.1) is 40.4 Å². The van der Waals surface area contributed by atoms with E-state index in [9.17, 15) is 14.7 Å². The Kier molecular flexibility index (Phi) is 3.39. The average molecular weight is 360 g/mol. The van der Waals surface area contributed by atoms with E-state index < -0.39 is 11.6 Å². The Morgan fingerprint density at radius 3 is 2.62 bits per heavy atom. The highest BCUT2D eigenvalue weighted by Crippen LogP contribution is 2.72. The van der Waals surface area contributed by atoms with Crippen LogP contribution in [-0.2, 0) is 14.3 Å². The van der Waals surface area contributed by atoms with Crippen molar-refractivity contribution in [3.05, 3.63) is 0 Å². The van der Waals surface area contributed by atoms with Gasteiger partial charge in [-0.1, -0.05) is 20.8 Å². The second-order valence-electron chi connectivity index (χ2n) is 10.6. The summed E-state index contributed by atoms with van der Waals surface area (Å²) in [7, 11) is 0. The van der Waals surface area contributed by atoms with Crippen LogP contribution in [0.4, 0.5) is 0 Å². The Morgan fingerprint density at radius 1 is 1.15 bits per heavy atom. The molecule has 1 N–H and O–H groups in total. The maximum absolute atomic E-state index is 13.8. The molecule has 4 bridgehead atoms. The fourth-order valence-corrected chi connectivity index (χ4v) is 8.65. The van der Waals surface area contributed by atoms with Gasteiger partial charge in [0.25, 0.3) is 0 Å². The first-order valence-corrected chi connectivity index (χ1v) is 10.7. The van der Waals surface area contributed by atoms with Gasteiger partial charge < -0.3 is 9.84 Å². The third-order valence-corrected chi connectivity index (χ3v) is 9.90. The summed E-state index contributed by atoms with van der Waals surface area (Å²) in [6.07, 6.45) is 8.48. The summed E-state index contributed by atoms with van der Waals surface area (Å²) in [5.74, 6) is 0.693. The molecule has 0 aromatic carbocycles. The van der Waals surface area contributed by atoms with Gasteiger partial charge in [-0.3, -0.25) is 9.59 Å². The van der Waals surface area contributed by atoms with Gasteiger partial charge in [-0.05, 0) is 74.0 Å². The van der Waals surface area contributed by atoms with E-state index in [1.165, 1.54) is 6.42 Å². The number of carbonyl (C=O) groups is 2. The lowest BCUT2D eigenvalue weighted by Gasteiger charge is -2.70. The van der Waals surface area contributed by atoms with E-state index in [-0.39, 0.29) is 28.8 Å². The predicted octanol–water partition coefficient (Wildman–Crippen LogP) is 4.07. The van der Waals surface area contributed by atoms with E-state index in [0.717, 1.165) is 38.5 Å². The number of aliphatic carboxylic acids is 1. The molecule has 0 radical (unpaired) electrons. The van der Waals surface area contributed by atoms with E-state index in [1.807, 2.05) is 6.92 Å². The van der Waals surface area contributed by atoms with E-state index >= 15 is 0 Å². The number of Topliss-reactive ketones (excluding diaryl/α,β-unsaturated/α-hetero) is 1. The van der Waals surface area contributed by atoms with Crippen LogP contribution < -0.4 is 0 Å². The zero-order valence-corrected chi connectivity index (χ0v) is 16.3. The number of rotatable bonds is 2. The molecule has 0 aromatic rings. The smallest absolute Gasteiger partial charge is 0.306 e. The number of fused-ring (bicyclic) bond motifs is 3. The fraction of sp³-hybridized carbons (Fsp3) is 0.909. The Hall–Kier alpha value is -0.900. The molecular weight excluding hydrogens is 328 g/mol. The Morgan fingerprint density at radius 2 is 1.88 bits per heavy atom. The minimum absolute atomic E-state index is 0.000416. The molecule has 4 nitrogen and oxygen atoms in total. The van der Waals surface area contributed by atoms with Crippen LogP contribution in [-0.4, -0.2) is 28.6 Å². The minimum atomic E-state index is -0.715. The average Bonchev–Trinajstić information content (AvgIpc) is 2.90. The molecule has 4 heteroatoms. The van der Waals surface area contributed by atoms with Crippen molar-refractivity contribution in [2.45, 2.75) is 83.8 Å². The standard InChI is InChI=1S/C22H32O4/c1-12(19(24)25)15-6-7-16-17-5-4-13-10-14-8-9-21(13,3)22(17,26-14)18(23)11-20(15,16)2/h12-17H,4-11H2,1-3H3,(H,24,25)/t12-,13-,14-,15-,16+,17-,20-,21+,22+/m1/s1. The fourth-order valence-electron chi connectivity index (χ4n) is 8.65. The van der Waals surface area contributed by atoms with Crippen molar-refractivity contribution in [1.82, 2.24) is 0 Å². The molecule has 0 amide bonds. The Labute approximate surface area is 156 Å². The van der Waals surface area contributed by atoms with Crippen molar-refractivity contribution < 1.29 is 19.4 Å². The number of hydrogen-bond donors (Lipinski definition) is 1. The highest BCUT2D eigenvalue weighted by Gasteiger charge is 2.74. The summed E-state index contributed by atoms with van der Waals surface area (Å²) >= 11 is 0. The topological polar surface area (TPSA) is 63.6 Å². The lowest BCUT2D eigenvalue weighted by molar-refractivity contribution is -0.307. The lowest BCUT2D eigenvalue weighted by atomic mass is 9.40. The van der Waals surface area contributed by atoms with Gasteiger partial charge in [0.15, 0.2) is 5.78 Å². The summed E-state index contributed by atoms with van der Waals surface area (Å²) < 4.78 is 6.69. The molecule has 9 atom stereocenters. The van der Waals surface area contributed by atoms with Crippen LogP contribution in [0.2, 0.25) is 0 Å². The number of ether oxygens (including phenoxy) is 1. The molecule has 0 aromatic heterocycles. The SMILES string of the molecule is C[C@@H](C(=O)O)[C@H]1CC[C@H]2[C@H]3CC[C@@H]4C[C@H]5CC[C@]4(C)[C@@]3(O5)C(=O)C[C@]12C. The van der Waals surface area contributed by atoms with E-state index in [0.29, 0.717) is 30.0 Å². The maximum atomic E-state index is 13.8. The largest absolute Gasteiger partial charge is 0.481 e. The van der Waals surface area contributed by atoms with Crippen LogP contribution in [0.3, 0.4) is 0 Å². The number of ketones is 1. The number of carboxylic acid groups (broad SMARTS) is 1. The predicted molar refractivity (Wildman–Crippen MR) is 96.5 cm³/mol. The summed E-state index contributed by atoms with van der Waals surface area (Å²) in [6.45, 7) is 6.40. The van der Waals surface area contributed by atoms with Gasteiger partial charge in [0.2, 0.25) is 0 Å². The summed E-state index contributed by atoms with van der Waals surface area (Å²) in [4.78, 5) is 25.5. The summed E-state index contributed by atoms with van der Waals surface area (Å²) in [5.41, 5.74) is -0.740. The molecular formula is C22H32O4. The van der Waals surface area contributed by atoms with Gasteiger partial charge in [0.05, 0.1) is 12.0 Å². The molecule has 1 spiro atoms. The Bertz CT molecular complexity index is 673. The van der Waals surface area contributed by atoms with Crippen molar-refractivity contribution in [2.24, 2.45) is 40.4 Å². The summed E-state index contributed by atoms with van der Waals surface area (Å²) in [5, 5.41) is 9.60. The molecule has 144 valence electrons. The third-order valence-electron chi connectivity index (χ3n) is 9.90. The summed E-state index contributed by atoms with van der Waals surface area (Å²) in [6, 6.07) is 0. The molecule has 26 heavy (non-hydrogen) atoms. The number of carbonyl (C=O) groups excluding carboxylic acids is 1. The van der Waals surface area contributed by atoms with Crippen molar-refractivity contribution in [3.8, 4) is 0 Å². The zero-order chi connectivity index (χ0) is 18.5. The van der Waals surface area contributed by atoms with Crippen molar-refractivity contribution >= 4 is 11.8 Å². The van der Waals surface area contributed by atoms with Crippen LogP contribution in [0.5, 0.6) is 0 Å². The molecule has 6 aliphatic rings. The highest BCUT2D eigenvalue weighted by atomic mass is 16.5. The molecule has 6 rings (SSSR count). The number of carboxylic acids is 1. The molecule has 4 aliphatic carbocycles. The second-order valence-corrected chi connectivity index (χ2v) is 10.6. The lowest BCUT2D eigenvalue weighted by Crippen LogP contribution is -2.75. The highest BCUT2D eigenvalue weighted by molar-refractivity contribution is 5.91. The molecule has 2 saturated heterocycles. The van der Waals surface area contributed by atoms with Gasteiger partial charge in [0, 0.05) is 11.8 Å². The van der Waals surface area contributed by atoms with Gasteiger partial charge in [-0.2, -0.15) is 0 Å². The van der Waals surface area contributed by atoms with Crippen LogP contribution in [0.15, 0.2) is 0 Å². The van der Waals surface area contributed by atoms with Crippen LogP contribution in [0.1, 0.15) is 72.1 Å². The molecule has 0 unspecified atom stereocenters. The van der Waals surface area contributed by atoms with E-state index in [4.69, 9.17) is 4.74 Å². The Balaban J connectivity index is 1.58. The maximum Gasteiger partial charge on any atom is 0.306 e. The van der Waals surface area contributed by atoms with Crippen molar-refractivity contribution in [1.29, 1.82) is 0 Å². The van der Waals surface area contributed by atoms with Crippen molar-refractivity contribution in [2.75, 3.05) is 0 Å². The molecule has 4 saturated carbocycles. The van der Waals surface area contributed by atoms with Crippen molar-refractivity contribution in [3.63, 3.8) is 0 Å². The number of hydrogen-bond acceptors (Lipinski definition) is 3. The first-order chi connectivity index (χ1) is 12.2. The molecule has 2 heterocycles. The van der Waals surface area contributed by atoms with E-state index in [1.54, 1.807) is 0 Å². The monoisotopic (exact) mass is 360 g/mol. The minimum Gasteiger partial charge on any atom is -0.481 e. The third kappa shape index (κ3) is 1.76. The molecule has 2 aliphatic heterocycles. The van der Waals surface area contributed by atoms with Gasteiger partial charge in [-0.15, -0.1) is 0 Å². The van der Waals surface area contributed by atoms with Gasteiger partial charge >= 0.3 is 5.97 Å². The normalized spacial score (nSPS) is 56.0. The molecule has 6 fully saturated rings. The first kappa shape index (κ1) is 17.2. The zero-order valence-electron chi connectivity index (χ0n) is 16.3. The second kappa shape index (κ2) is 5.12. The quantitative estimate of drug-likeness (QED) is 0.806. The van der Waals surface area contributed by atoms with Gasteiger partial charge in [-0.25, -0.2) is 0 Å². The van der Waals surface area contributed by atoms with Gasteiger partial charge in [0.1, 0.15) is 5.60 Å². The van der Waals surface area contributed by atoms with Crippen LogP contribution in [0.25, 0.3) is 0 Å². The van der Waals surface area contributed by atoms with E-state index in [2.05, 4.69) is 13.8 Å². The van der Waals surface area contributed by atoms with Crippen LogP contribution >= 0.6 is 0 Å².